The summed E-state index contributed by atoms with van der Waals surface area (Å²) < 4.78 is 0. The van der Waals surface area contributed by atoms with Gasteiger partial charge in [0.05, 0.1) is 0 Å². The second-order valence-corrected chi connectivity index (χ2v) is 3.86. The van der Waals surface area contributed by atoms with Crippen molar-refractivity contribution in [1.82, 2.24) is 9.97 Å². The highest BCUT2D eigenvalue weighted by Gasteiger charge is 2.02. The summed E-state index contributed by atoms with van der Waals surface area (Å²) in [5, 5.41) is 7.26. The van der Waals surface area contributed by atoms with Gasteiger partial charge >= 0.3 is 0 Å². The highest BCUT2D eigenvalue weighted by Crippen LogP contribution is 2.16. The Labute approximate surface area is 95.3 Å². The molecule has 1 aromatic heterocycles. The molecule has 4 nitrogen and oxygen atoms in total. The first-order valence-electron chi connectivity index (χ1n) is 5.21. The van der Waals surface area contributed by atoms with Gasteiger partial charge in [-0.05, 0) is 19.6 Å². The molecule has 0 fully saturated rings. The molecule has 0 spiro atoms. The fourth-order valence-electron chi connectivity index (χ4n) is 1.13. The third kappa shape index (κ3) is 3.95. The van der Waals surface area contributed by atoms with Crippen LogP contribution in [0.2, 0.25) is 0 Å². The van der Waals surface area contributed by atoms with E-state index in [4.69, 9.17) is 0 Å². The predicted octanol–water partition coefficient (Wildman–Crippen LogP) is 2.45. The molecule has 0 aliphatic heterocycles. The first-order valence-corrected chi connectivity index (χ1v) is 6.43. The van der Waals surface area contributed by atoms with Crippen LogP contribution in [0.5, 0.6) is 0 Å². The zero-order chi connectivity index (χ0) is 11.1. The number of hydrogen-bond acceptors (Lipinski definition) is 5. The van der Waals surface area contributed by atoms with Crippen molar-refractivity contribution in [2.24, 2.45) is 0 Å². The lowest BCUT2D eigenvalue weighted by Gasteiger charge is -2.08. The van der Waals surface area contributed by atoms with E-state index in [2.05, 4.69) is 34.4 Å². The molecule has 0 radical (unpaired) electrons. The van der Waals surface area contributed by atoms with Gasteiger partial charge in [0.25, 0.3) is 0 Å². The molecule has 0 saturated carbocycles. The summed E-state index contributed by atoms with van der Waals surface area (Å²) in [6, 6.07) is 1.94. The van der Waals surface area contributed by atoms with E-state index < -0.39 is 0 Å². The van der Waals surface area contributed by atoms with Gasteiger partial charge in [0.2, 0.25) is 0 Å². The summed E-state index contributed by atoms with van der Waals surface area (Å²) in [7, 11) is 0. The Hall–Kier alpha value is -0.970. The fraction of sp³-hybridized carbons (Fsp3) is 0.600. The normalized spacial score (nSPS) is 10.1. The van der Waals surface area contributed by atoms with Crippen LogP contribution in [-0.2, 0) is 0 Å². The van der Waals surface area contributed by atoms with Crippen molar-refractivity contribution in [3.05, 3.63) is 6.07 Å². The molecule has 0 bridgehead atoms. The van der Waals surface area contributed by atoms with Crippen LogP contribution in [0.4, 0.5) is 11.6 Å². The average Bonchev–Trinajstić information content (AvgIpc) is 2.26. The van der Waals surface area contributed by atoms with Gasteiger partial charge in [-0.2, -0.15) is 0 Å². The first-order chi connectivity index (χ1) is 7.30. The van der Waals surface area contributed by atoms with Crippen molar-refractivity contribution in [2.75, 3.05) is 30.0 Å². The SMILES string of the molecule is CCCNc1cc(NCC)nc(SC)n1. The Kier molecular flexibility index (Phi) is 5.25. The second kappa shape index (κ2) is 6.50. The topological polar surface area (TPSA) is 49.8 Å². The van der Waals surface area contributed by atoms with Gasteiger partial charge in [-0.15, -0.1) is 0 Å². The van der Waals surface area contributed by atoms with Crippen molar-refractivity contribution < 1.29 is 0 Å². The highest BCUT2D eigenvalue weighted by atomic mass is 32.2. The van der Waals surface area contributed by atoms with E-state index >= 15 is 0 Å². The molecule has 0 aliphatic carbocycles. The average molecular weight is 226 g/mol. The van der Waals surface area contributed by atoms with Crippen LogP contribution >= 0.6 is 11.8 Å². The van der Waals surface area contributed by atoms with Crippen LogP contribution in [0.25, 0.3) is 0 Å². The molecule has 0 saturated heterocycles. The summed E-state index contributed by atoms with van der Waals surface area (Å²) in [6.07, 6.45) is 3.07. The van der Waals surface area contributed by atoms with Gasteiger partial charge < -0.3 is 10.6 Å². The molecule has 1 heterocycles. The summed E-state index contributed by atoms with van der Waals surface area (Å²) in [5.74, 6) is 1.78. The molecular weight excluding hydrogens is 208 g/mol. The molecule has 84 valence electrons. The Balaban J connectivity index is 2.79. The Morgan fingerprint density at radius 1 is 1.20 bits per heavy atom. The van der Waals surface area contributed by atoms with E-state index in [1.54, 1.807) is 11.8 Å². The first kappa shape index (κ1) is 12.1. The van der Waals surface area contributed by atoms with E-state index in [9.17, 15) is 0 Å². The molecule has 0 amide bonds. The summed E-state index contributed by atoms with van der Waals surface area (Å²) in [5.41, 5.74) is 0. The monoisotopic (exact) mass is 226 g/mol. The number of nitrogens with one attached hydrogen (secondary N) is 2. The standard InChI is InChI=1S/C10H18N4S/c1-4-6-12-9-7-8(11-5-2)13-10(14-9)15-3/h7H,4-6H2,1-3H3,(H2,11,12,13,14). The van der Waals surface area contributed by atoms with Crippen LogP contribution in [0.1, 0.15) is 20.3 Å². The maximum absolute atomic E-state index is 4.37. The molecule has 15 heavy (non-hydrogen) atoms. The van der Waals surface area contributed by atoms with Gasteiger partial charge in [-0.1, -0.05) is 18.7 Å². The maximum atomic E-state index is 4.37. The highest BCUT2D eigenvalue weighted by molar-refractivity contribution is 7.98. The molecule has 1 rings (SSSR count). The van der Waals surface area contributed by atoms with Crippen molar-refractivity contribution in [2.45, 2.75) is 25.4 Å². The number of aromatic nitrogens is 2. The number of anilines is 2. The largest absolute Gasteiger partial charge is 0.370 e. The Bertz CT molecular complexity index is 303. The summed E-state index contributed by atoms with van der Waals surface area (Å²) >= 11 is 1.55. The quantitative estimate of drug-likeness (QED) is 0.576. The number of rotatable bonds is 6. The van der Waals surface area contributed by atoms with Crippen LogP contribution in [0.15, 0.2) is 11.2 Å². The molecule has 0 aliphatic rings. The van der Waals surface area contributed by atoms with Gasteiger partial charge in [0.1, 0.15) is 11.6 Å². The van der Waals surface area contributed by atoms with Crippen molar-refractivity contribution >= 4 is 23.4 Å². The van der Waals surface area contributed by atoms with E-state index in [1.807, 2.05) is 12.3 Å². The minimum atomic E-state index is 0.798. The molecule has 5 heteroatoms. The van der Waals surface area contributed by atoms with Crippen LogP contribution in [-0.4, -0.2) is 29.3 Å². The lowest BCUT2D eigenvalue weighted by molar-refractivity contribution is 0.924. The fourth-order valence-corrected chi connectivity index (χ4v) is 1.51. The smallest absolute Gasteiger partial charge is 0.191 e. The summed E-state index contributed by atoms with van der Waals surface area (Å²) in [4.78, 5) is 8.72. The Morgan fingerprint density at radius 3 is 2.40 bits per heavy atom. The summed E-state index contributed by atoms with van der Waals surface area (Å²) in [6.45, 7) is 6.00. The molecule has 0 unspecified atom stereocenters. The van der Waals surface area contributed by atoms with Crippen molar-refractivity contribution in [3.8, 4) is 0 Å². The number of hydrogen-bond donors (Lipinski definition) is 2. The predicted molar refractivity (Wildman–Crippen MR) is 66.8 cm³/mol. The van der Waals surface area contributed by atoms with Crippen LogP contribution < -0.4 is 10.6 Å². The van der Waals surface area contributed by atoms with E-state index in [-0.39, 0.29) is 0 Å². The van der Waals surface area contributed by atoms with E-state index in [1.165, 1.54) is 0 Å². The maximum Gasteiger partial charge on any atom is 0.191 e. The number of thioether (sulfide) groups is 1. The van der Waals surface area contributed by atoms with Gasteiger partial charge in [-0.25, -0.2) is 9.97 Å². The zero-order valence-electron chi connectivity index (χ0n) is 9.50. The van der Waals surface area contributed by atoms with Gasteiger partial charge in [0, 0.05) is 19.2 Å². The van der Waals surface area contributed by atoms with E-state index in [0.717, 1.165) is 36.3 Å². The third-order valence-corrected chi connectivity index (χ3v) is 2.35. The number of nitrogens with zero attached hydrogens (tertiary/aromatic N) is 2. The molecule has 1 aromatic rings. The van der Waals surface area contributed by atoms with Gasteiger partial charge in [-0.3, -0.25) is 0 Å². The third-order valence-electron chi connectivity index (χ3n) is 1.80. The minimum absolute atomic E-state index is 0.798. The van der Waals surface area contributed by atoms with Crippen molar-refractivity contribution in [3.63, 3.8) is 0 Å². The van der Waals surface area contributed by atoms with Crippen molar-refractivity contribution in [1.29, 1.82) is 0 Å². The molecule has 0 atom stereocenters. The molecular formula is C10H18N4S. The van der Waals surface area contributed by atoms with Crippen LogP contribution in [0, 0.1) is 0 Å². The second-order valence-electron chi connectivity index (χ2n) is 3.08. The zero-order valence-corrected chi connectivity index (χ0v) is 10.3. The molecule has 2 N–H and O–H groups in total. The van der Waals surface area contributed by atoms with Gasteiger partial charge in [0.15, 0.2) is 5.16 Å². The lowest BCUT2D eigenvalue weighted by atomic mass is 10.4. The minimum Gasteiger partial charge on any atom is -0.370 e. The molecule has 0 aromatic carbocycles. The van der Waals surface area contributed by atoms with E-state index in [0.29, 0.717) is 0 Å². The van der Waals surface area contributed by atoms with Crippen LogP contribution in [0.3, 0.4) is 0 Å². The lowest BCUT2D eigenvalue weighted by Crippen LogP contribution is -2.06. The Morgan fingerprint density at radius 2 is 1.87 bits per heavy atom.